The van der Waals surface area contributed by atoms with Crippen LogP contribution in [0.3, 0.4) is 0 Å². The van der Waals surface area contributed by atoms with E-state index < -0.39 is 86.0 Å². The van der Waals surface area contributed by atoms with Crippen molar-refractivity contribution < 1.29 is 50.1 Å². The third kappa shape index (κ3) is 5.23. The summed E-state index contributed by atoms with van der Waals surface area (Å²) < 4.78 is 86.1. The lowest BCUT2D eigenvalue weighted by molar-refractivity contribution is -0.0502. The summed E-state index contributed by atoms with van der Waals surface area (Å²) in [5.74, 6) is -0.279. The normalized spacial score (nSPS) is 35.5. The molecule has 45 heavy (non-hydrogen) atoms. The molecule has 4 aromatic heterocycles. The van der Waals surface area contributed by atoms with Gasteiger partial charge in [-0.15, -0.1) is 0 Å². The van der Waals surface area contributed by atoms with Crippen molar-refractivity contribution in [1.29, 1.82) is 0 Å². The van der Waals surface area contributed by atoms with Crippen molar-refractivity contribution in [3.05, 3.63) is 29.3 Å². The van der Waals surface area contributed by atoms with E-state index in [2.05, 4.69) is 34.6 Å². The number of rotatable bonds is 2. The van der Waals surface area contributed by atoms with Crippen LogP contribution in [0.15, 0.2) is 23.8 Å². The molecule has 22 nitrogen and oxygen atoms in total. The standard InChI is InChI=1S/C20H23FN11O11PS/c21-8-12-7(41-18(8)32-5-27-10-16(32)29-20(23)30-17(10)34)2-39-44(35,36)42-13-6(1-28-45(37,38)43-12)40-19(11(13)33)31-4-26-9-14(22)24-3-25-15(9)31/h3-8,11-13,18-19,28,33H,1-2H2,(H,35,36)(H2,22,24,25)(H3,23,29,30,34)/t6-,7-,8-,11-,12-,13-,18-,19-/m1/s1. The molecule has 0 bridgehead atoms. The van der Waals surface area contributed by atoms with Gasteiger partial charge in [0, 0.05) is 6.54 Å². The number of nitrogens with two attached hydrogens (primary N) is 2. The van der Waals surface area contributed by atoms with Crippen molar-refractivity contribution in [3.63, 3.8) is 0 Å². The average molecular weight is 676 g/mol. The number of phosphoric ester groups is 1. The van der Waals surface area contributed by atoms with Gasteiger partial charge in [-0.3, -0.25) is 28.0 Å². The van der Waals surface area contributed by atoms with Gasteiger partial charge < -0.3 is 30.9 Å². The fraction of sp³-hybridized carbons (Fsp3) is 0.500. The van der Waals surface area contributed by atoms with Gasteiger partial charge >= 0.3 is 18.1 Å². The third-order valence-electron chi connectivity index (χ3n) is 7.32. The van der Waals surface area contributed by atoms with Gasteiger partial charge in [0.05, 0.1) is 19.3 Å². The van der Waals surface area contributed by atoms with Crippen molar-refractivity contribution in [2.24, 2.45) is 0 Å². The molecule has 0 aromatic carbocycles. The van der Waals surface area contributed by atoms with Crippen molar-refractivity contribution in [3.8, 4) is 0 Å². The van der Waals surface area contributed by atoms with E-state index >= 15 is 4.39 Å². The zero-order chi connectivity index (χ0) is 31.8. The Hall–Kier alpha value is -3.71. The smallest absolute Gasteiger partial charge is 0.386 e. The summed E-state index contributed by atoms with van der Waals surface area (Å²) in [6, 6.07) is 0. The molecule has 0 spiro atoms. The number of aromatic amines is 1. The fourth-order valence-corrected chi connectivity index (χ4v) is 7.24. The Labute approximate surface area is 249 Å². The Morgan fingerprint density at radius 3 is 2.51 bits per heavy atom. The highest BCUT2D eigenvalue weighted by molar-refractivity contribution is 7.84. The number of aliphatic hydroxyl groups excluding tert-OH is 1. The topological polar surface area (TPSA) is 309 Å². The van der Waals surface area contributed by atoms with E-state index in [0.717, 1.165) is 17.2 Å². The first-order chi connectivity index (χ1) is 21.3. The van der Waals surface area contributed by atoms with Gasteiger partial charge in [-0.1, -0.05) is 0 Å². The molecule has 3 fully saturated rings. The van der Waals surface area contributed by atoms with Gasteiger partial charge in [0.15, 0.2) is 41.3 Å². The molecular formula is C20H23FN11O11PS. The molecule has 3 aliphatic rings. The zero-order valence-electron chi connectivity index (χ0n) is 22.4. The number of phosphoric acid groups is 1. The van der Waals surface area contributed by atoms with Crippen LogP contribution in [0.4, 0.5) is 16.2 Å². The van der Waals surface area contributed by atoms with Crippen LogP contribution in [0.5, 0.6) is 0 Å². The Bertz CT molecular complexity index is 2010. The summed E-state index contributed by atoms with van der Waals surface area (Å²) >= 11 is 0. The number of fused-ring (bicyclic) bond motifs is 4. The van der Waals surface area contributed by atoms with Crippen LogP contribution in [0.1, 0.15) is 12.5 Å². The maximum absolute atomic E-state index is 15.9. The summed E-state index contributed by atoms with van der Waals surface area (Å²) in [6.07, 6.45) is -10.3. The summed E-state index contributed by atoms with van der Waals surface area (Å²) in [7, 11) is -9.87. The van der Waals surface area contributed by atoms with E-state index in [-0.39, 0.29) is 34.1 Å². The van der Waals surface area contributed by atoms with Crippen molar-refractivity contribution >= 4 is 52.2 Å². The second-order valence-electron chi connectivity index (χ2n) is 10.1. The van der Waals surface area contributed by atoms with Gasteiger partial charge in [-0.25, -0.2) is 33.1 Å². The predicted octanol–water partition coefficient (Wildman–Crippen LogP) is -2.65. The van der Waals surface area contributed by atoms with Gasteiger partial charge in [0.25, 0.3) is 5.56 Å². The molecule has 242 valence electrons. The van der Waals surface area contributed by atoms with Crippen LogP contribution in [0.25, 0.3) is 22.3 Å². The van der Waals surface area contributed by atoms with Crippen molar-refractivity contribution in [2.75, 3.05) is 24.6 Å². The van der Waals surface area contributed by atoms with Gasteiger partial charge in [0.2, 0.25) is 5.95 Å². The van der Waals surface area contributed by atoms with Crippen LogP contribution in [-0.4, -0.2) is 107 Å². The first kappa shape index (κ1) is 30.0. The minimum absolute atomic E-state index is 0.0311. The molecule has 0 radical (unpaired) electrons. The molecule has 1 unspecified atom stereocenters. The summed E-state index contributed by atoms with van der Waals surface area (Å²) in [4.78, 5) is 44.8. The highest BCUT2D eigenvalue weighted by atomic mass is 32.2. The lowest BCUT2D eigenvalue weighted by Gasteiger charge is -2.26. The van der Waals surface area contributed by atoms with E-state index in [0.29, 0.717) is 0 Å². The van der Waals surface area contributed by atoms with E-state index in [4.69, 9.17) is 34.2 Å². The number of aliphatic hydroxyl groups is 1. The number of H-pyrrole nitrogens is 1. The maximum atomic E-state index is 15.9. The first-order valence-corrected chi connectivity index (χ1v) is 15.8. The number of imidazole rings is 2. The molecule has 0 amide bonds. The highest BCUT2D eigenvalue weighted by Gasteiger charge is 2.53. The molecule has 3 saturated heterocycles. The Morgan fingerprint density at radius 2 is 1.73 bits per heavy atom. The number of anilines is 2. The number of halogens is 1. The summed E-state index contributed by atoms with van der Waals surface area (Å²) in [5.41, 5.74) is 10.6. The molecule has 25 heteroatoms. The molecule has 7 rings (SSSR count). The van der Waals surface area contributed by atoms with Gasteiger partial charge in [0.1, 0.15) is 42.4 Å². The monoisotopic (exact) mass is 675 g/mol. The molecule has 7 heterocycles. The van der Waals surface area contributed by atoms with E-state index in [9.17, 15) is 27.8 Å². The van der Waals surface area contributed by atoms with Crippen LogP contribution < -0.4 is 21.7 Å². The van der Waals surface area contributed by atoms with E-state index in [1.807, 2.05) is 0 Å². The van der Waals surface area contributed by atoms with Crippen LogP contribution in [0.2, 0.25) is 0 Å². The molecule has 8 N–H and O–H groups in total. The van der Waals surface area contributed by atoms with Crippen molar-refractivity contribution in [2.45, 2.75) is 49.1 Å². The third-order valence-corrected chi connectivity index (χ3v) is 9.30. The lowest BCUT2D eigenvalue weighted by atomic mass is 10.1. The molecule has 0 aliphatic carbocycles. The van der Waals surface area contributed by atoms with Crippen LogP contribution in [-0.2, 0) is 37.6 Å². The second kappa shape index (κ2) is 10.7. The number of hydrogen-bond donors (Lipinski definition) is 6. The Morgan fingerprint density at radius 1 is 1.02 bits per heavy atom. The molecule has 4 aromatic rings. The number of nitrogen functional groups attached to an aromatic ring is 2. The van der Waals surface area contributed by atoms with Gasteiger partial charge in [-0.2, -0.15) is 18.1 Å². The number of aromatic nitrogens is 8. The maximum Gasteiger partial charge on any atom is 0.472 e. The molecule has 3 aliphatic heterocycles. The van der Waals surface area contributed by atoms with E-state index in [1.165, 1.54) is 10.9 Å². The van der Waals surface area contributed by atoms with E-state index in [1.54, 1.807) is 0 Å². The Balaban J connectivity index is 1.17. The lowest BCUT2D eigenvalue weighted by Crippen LogP contribution is -2.45. The number of nitrogens with zero attached hydrogens (tertiary/aromatic N) is 7. The molecule has 0 saturated carbocycles. The average Bonchev–Trinajstić information content (AvgIpc) is 3.72. The number of hydrogen-bond acceptors (Lipinski definition) is 17. The van der Waals surface area contributed by atoms with Gasteiger partial charge in [-0.05, 0) is 0 Å². The first-order valence-electron chi connectivity index (χ1n) is 12.9. The van der Waals surface area contributed by atoms with Crippen LogP contribution >= 0.6 is 7.82 Å². The quantitative estimate of drug-likeness (QED) is 0.118. The minimum Gasteiger partial charge on any atom is -0.386 e. The Kier molecular flexibility index (Phi) is 7.12. The molecule has 9 atom stereocenters. The minimum atomic E-state index is -5.08. The summed E-state index contributed by atoms with van der Waals surface area (Å²) in [5, 5.41) is 11.1. The van der Waals surface area contributed by atoms with Crippen LogP contribution in [0, 0.1) is 0 Å². The largest absolute Gasteiger partial charge is 0.472 e. The fourth-order valence-electron chi connectivity index (χ4n) is 5.31. The zero-order valence-corrected chi connectivity index (χ0v) is 24.1. The number of nitrogens with one attached hydrogen (secondary N) is 2. The molecular weight excluding hydrogens is 652 g/mol. The highest BCUT2D eigenvalue weighted by Crippen LogP contribution is 2.50. The number of alkyl halides is 1. The summed E-state index contributed by atoms with van der Waals surface area (Å²) in [6.45, 7) is -1.60. The second-order valence-corrected chi connectivity index (χ2v) is 12.9. The number of ether oxygens (including phenoxy) is 2. The SMILES string of the molecule is Nc1nc2c(ncn2[C@@H]2O[C@@H]3COP(=O)(O)O[C@H]4[C@@H](O)[C@H](n5cnc6c(N)ncnc65)O[C@@H]4CNS(=O)(=O)O[C@H]3[C@H]2F)c(=O)[nH]1. The van der Waals surface area contributed by atoms with Crippen molar-refractivity contribution in [1.82, 2.24) is 43.8 Å². The predicted molar refractivity (Wildman–Crippen MR) is 143 cm³/mol.